The highest BCUT2D eigenvalue weighted by Gasteiger charge is 2.35. The van der Waals surface area contributed by atoms with Gasteiger partial charge in [-0.15, -0.1) is 13.2 Å². The molecular weight excluding hydrogens is 463 g/mol. The first kappa shape index (κ1) is 24.7. The number of carboxylic acids is 1. The number of aromatic carboxylic acids is 1. The number of anilines is 2. The zero-order valence-electron chi connectivity index (χ0n) is 19.9. The lowest BCUT2D eigenvalue weighted by Crippen LogP contribution is -2.29. The van der Waals surface area contributed by atoms with Crippen LogP contribution in [0.4, 0.5) is 24.8 Å². The summed E-state index contributed by atoms with van der Waals surface area (Å²) in [6, 6.07) is 8.64. The highest BCUT2D eigenvalue weighted by Crippen LogP contribution is 2.46. The molecule has 2 aromatic carbocycles. The smallest absolute Gasteiger partial charge is 0.496 e. The fraction of sp³-hybridized carbons (Fsp3) is 0.440. The molecule has 1 aliphatic carbocycles. The highest BCUT2D eigenvalue weighted by molar-refractivity contribution is 5.96. The predicted molar refractivity (Wildman–Crippen MR) is 125 cm³/mol. The van der Waals surface area contributed by atoms with Gasteiger partial charge >= 0.3 is 12.3 Å². The second-order valence-corrected chi connectivity index (χ2v) is 9.92. The van der Waals surface area contributed by atoms with Crippen molar-refractivity contribution in [2.75, 3.05) is 12.4 Å². The van der Waals surface area contributed by atoms with Gasteiger partial charge in [-0.25, -0.2) is 9.78 Å². The predicted octanol–water partition coefficient (Wildman–Crippen LogP) is 6.77. The third-order valence-electron chi connectivity index (χ3n) is 6.31. The van der Waals surface area contributed by atoms with Crippen molar-refractivity contribution >= 4 is 28.6 Å². The van der Waals surface area contributed by atoms with Crippen molar-refractivity contribution in [2.45, 2.75) is 52.4 Å². The molecule has 188 valence electrons. The van der Waals surface area contributed by atoms with Gasteiger partial charge in [0, 0.05) is 17.8 Å². The van der Waals surface area contributed by atoms with Crippen molar-refractivity contribution in [2.24, 2.45) is 11.3 Å². The number of halogens is 3. The molecule has 1 saturated carbocycles. The first-order chi connectivity index (χ1) is 16.3. The van der Waals surface area contributed by atoms with E-state index in [1.54, 1.807) is 6.07 Å². The number of ether oxygens (including phenoxy) is 2. The van der Waals surface area contributed by atoms with E-state index in [0.29, 0.717) is 23.1 Å². The molecule has 0 spiro atoms. The SMILES string of the molecule is COc1cc2c(cc1C(=O)O)nc(Nc1ccc(OC(F)(F)F)cc1)n2C1C[C@H](C)CC(C)(C)C1. The van der Waals surface area contributed by atoms with E-state index in [1.165, 1.54) is 37.4 Å². The van der Waals surface area contributed by atoms with Crippen LogP contribution in [0.15, 0.2) is 36.4 Å². The van der Waals surface area contributed by atoms with Crippen molar-refractivity contribution in [3.63, 3.8) is 0 Å². The number of fused-ring (bicyclic) bond motifs is 1. The first-order valence-corrected chi connectivity index (χ1v) is 11.3. The number of imidazole rings is 1. The van der Waals surface area contributed by atoms with Crippen LogP contribution in [-0.2, 0) is 0 Å². The number of nitrogens with zero attached hydrogens (tertiary/aromatic N) is 2. The lowest BCUT2D eigenvalue weighted by molar-refractivity contribution is -0.274. The molecule has 0 radical (unpaired) electrons. The molecular formula is C25H28F3N3O4. The molecule has 1 unspecified atom stereocenters. The van der Waals surface area contributed by atoms with Gasteiger partial charge in [0.05, 0.1) is 18.1 Å². The Balaban J connectivity index is 1.79. The summed E-state index contributed by atoms with van der Waals surface area (Å²) in [7, 11) is 1.42. The summed E-state index contributed by atoms with van der Waals surface area (Å²) >= 11 is 0. The van der Waals surface area contributed by atoms with E-state index in [4.69, 9.17) is 4.74 Å². The summed E-state index contributed by atoms with van der Waals surface area (Å²) in [6.07, 6.45) is -1.88. The van der Waals surface area contributed by atoms with Crippen LogP contribution < -0.4 is 14.8 Å². The van der Waals surface area contributed by atoms with Crippen LogP contribution in [0.25, 0.3) is 11.0 Å². The van der Waals surface area contributed by atoms with Crippen LogP contribution in [0.2, 0.25) is 0 Å². The Morgan fingerprint density at radius 3 is 2.46 bits per heavy atom. The molecule has 0 saturated heterocycles. The number of nitrogens with one attached hydrogen (secondary N) is 1. The van der Waals surface area contributed by atoms with E-state index in [1.807, 2.05) is 0 Å². The zero-order valence-corrected chi connectivity index (χ0v) is 19.9. The molecule has 35 heavy (non-hydrogen) atoms. The maximum absolute atomic E-state index is 12.5. The minimum Gasteiger partial charge on any atom is -0.496 e. The zero-order chi connectivity index (χ0) is 25.5. The van der Waals surface area contributed by atoms with Gasteiger partial charge in [0.25, 0.3) is 0 Å². The molecule has 0 bridgehead atoms. The van der Waals surface area contributed by atoms with Gasteiger partial charge in [0.2, 0.25) is 5.95 Å². The Morgan fingerprint density at radius 2 is 1.89 bits per heavy atom. The second kappa shape index (κ2) is 8.98. The van der Waals surface area contributed by atoms with E-state index in [9.17, 15) is 23.1 Å². The highest BCUT2D eigenvalue weighted by atomic mass is 19.4. The molecule has 2 N–H and O–H groups in total. The molecule has 4 rings (SSSR count). The number of rotatable bonds is 6. The molecule has 0 amide bonds. The summed E-state index contributed by atoms with van der Waals surface area (Å²) in [5.41, 5.74) is 1.82. The Morgan fingerprint density at radius 1 is 1.20 bits per heavy atom. The van der Waals surface area contributed by atoms with Gasteiger partial charge in [-0.2, -0.15) is 0 Å². The van der Waals surface area contributed by atoms with Crippen molar-refractivity contribution in [3.8, 4) is 11.5 Å². The topological polar surface area (TPSA) is 85.6 Å². The molecule has 0 aliphatic heterocycles. The van der Waals surface area contributed by atoms with Gasteiger partial charge in [0.15, 0.2) is 0 Å². The van der Waals surface area contributed by atoms with Crippen molar-refractivity contribution in [1.82, 2.24) is 9.55 Å². The average Bonchev–Trinajstić information content (AvgIpc) is 3.08. The van der Waals surface area contributed by atoms with Crippen LogP contribution in [0.5, 0.6) is 11.5 Å². The number of alkyl halides is 3. The van der Waals surface area contributed by atoms with Gasteiger partial charge in [-0.1, -0.05) is 20.8 Å². The number of carboxylic acid groups (broad SMARTS) is 1. The Labute approximate surface area is 200 Å². The molecule has 1 aromatic heterocycles. The Bertz CT molecular complexity index is 1240. The standard InChI is InChI=1S/C25H28F3N3O4/c1-14-9-16(13-24(2,3)12-14)31-20-11-21(34-4)18(22(32)33)10-19(20)30-23(31)29-15-5-7-17(8-6-15)35-25(26,27)28/h5-8,10-11,14,16H,9,12-13H2,1-4H3,(H,29,30)(H,32,33)/t14-,16?/m0/s1. The number of hydrogen-bond donors (Lipinski definition) is 2. The van der Waals surface area contributed by atoms with Crippen molar-refractivity contribution in [3.05, 3.63) is 42.0 Å². The number of hydrogen-bond acceptors (Lipinski definition) is 5. The first-order valence-electron chi connectivity index (χ1n) is 11.3. The molecule has 1 aliphatic rings. The Kier molecular flexibility index (Phi) is 6.33. The van der Waals surface area contributed by atoms with Gasteiger partial charge < -0.3 is 24.5 Å². The van der Waals surface area contributed by atoms with E-state index in [2.05, 4.69) is 40.4 Å². The quantitative estimate of drug-likeness (QED) is 0.396. The van der Waals surface area contributed by atoms with Gasteiger partial charge in [-0.05, 0) is 60.9 Å². The number of aromatic nitrogens is 2. The van der Waals surface area contributed by atoms with E-state index in [-0.39, 0.29) is 28.5 Å². The molecule has 2 atom stereocenters. The lowest BCUT2D eigenvalue weighted by Gasteiger charge is -2.40. The monoisotopic (exact) mass is 491 g/mol. The summed E-state index contributed by atoms with van der Waals surface area (Å²) < 4.78 is 48.9. The number of carbonyl (C=O) groups is 1. The number of methoxy groups -OCH3 is 1. The summed E-state index contributed by atoms with van der Waals surface area (Å²) in [5, 5.41) is 12.8. The molecule has 10 heteroatoms. The summed E-state index contributed by atoms with van der Waals surface area (Å²) in [6.45, 7) is 6.66. The molecule has 1 fully saturated rings. The van der Waals surface area contributed by atoms with Crippen LogP contribution in [-0.4, -0.2) is 34.1 Å². The van der Waals surface area contributed by atoms with Crippen molar-refractivity contribution in [1.29, 1.82) is 0 Å². The van der Waals surface area contributed by atoms with Crippen LogP contribution in [0.1, 0.15) is 56.4 Å². The average molecular weight is 492 g/mol. The summed E-state index contributed by atoms with van der Waals surface area (Å²) in [4.78, 5) is 16.4. The van der Waals surface area contributed by atoms with E-state index >= 15 is 0 Å². The lowest BCUT2D eigenvalue weighted by atomic mass is 9.70. The van der Waals surface area contributed by atoms with Crippen LogP contribution in [0.3, 0.4) is 0 Å². The fourth-order valence-electron chi connectivity index (χ4n) is 5.28. The van der Waals surface area contributed by atoms with E-state index < -0.39 is 12.3 Å². The minimum absolute atomic E-state index is 0.00203. The van der Waals surface area contributed by atoms with Gasteiger partial charge in [-0.3, -0.25) is 0 Å². The molecule has 7 nitrogen and oxygen atoms in total. The Hall–Kier alpha value is -3.43. The van der Waals surface area contributed by atoms with Gasteiger partial charge in [0.1, 0.15) is 17.1 Å². The minimum atomic E-state index is -4.77. The normalized spacial score (nSPS) is 20.0. The summed E-state index contributed by atoms with van der Waals surface area (Å²) in [5.74, 6) is -0.276. The maximum Gasteiger partial charge on any atom is 0.573 e. The third-order valence-corrected chi connectivity index (χ3v) is 6.31. The molecule has 1 heterocycles. The van der Waals surface area contributed by atoms with Crippen LogP contribution >= 0.6 is 0 Å². The second-order valence-electron chi connectivity index (χ2n) is 9.92. The number of benzene rings is 2. The molecule has 3 aromatic rings. The fourth-order valence-corrected chi connectivity index (χ4v) is 5.28. The van der Waals surface area contributed by atoms with Crippen LogP contribution in [0, 0.1) is 11.3 Å². The largest absolute Gasteiger partial charge is 0.573 e. The van der Waals surface area contributed by atoms with Crippen molar-refractivity contribution < 1.29 is 32.5 Å². The third kappa shape index (κ3) is 5.47. The van der Waals surface area contributed by atoms with E-state index in [0.717, 1.165) is 24.8 Å². The maximum atomic E-state index is 12.5.